The zero-order chi connectivity index (χ0) is 15.1. The predicted molar refractivity (Wildman–Crippen MR) is 84.8 cm³/mol. The van der Waals surface area contributed by atoms with Gasteiger partial charge in [-0.05, 0) is 11.1 Å². The molecule has 0 bridgehead atoms. The van der Waals surface area contributed by atoms with Crippen LogP contribution in [-0.4, -0.2) is 30.7 Å². The number of aliphatic imine (C=N–C) groups is 1. The molecule has 2 aliphatic heterocycles. The van der Waals surface area contributed by atoms with Gasteiger partial charge < -0.3 is 20.9 Å². The molecule has 1 aliphatic carbocycles. The van der Waals surface area contributed by atoms with Crippen molar-refractivity contribution >= 4 is 17.9 Å². The summed E-state index contributed by atoms with van der Waals surface area (Å²) in [5.74, 6) is 0.980. The summed E-state index contributed by atoms with van der Waals surface area (Å²) in [6.07, 6.45) is 4.79. The Labute approximate surface area is 128 Å². The van der Waals surface area contributed by atoms with Gasteiger partial charge >= 0.3 is 6.03 Å². The van der Waals surface area contributed by atoms with E-state index in [1.165, 1.54) is 22.5 Å². The van der Waals surface area contributed by atoms with E-state index < -0.39 is 0 Å². The first-order valence-electron chi connectivity index (χ1n) is 7.34. The fourth-order valence-corrected chi connectivity index (χ4v) is 3.11. The van der Waals surface area contributed by atoms with Crippen molar-refractivity contribution < 1.29 is 4.79 Å². The van der Waals surface area contributed by atoms with Crippen molar-refractivity contribution in [3.63, 3.8) is 0 Å². The smallest absolute Gasteiger partial charge is 0.314 e. The molecule has 4 rings (SSSR count). The maximum atomic E-state index is 11.3. The van der Waals surface area contributed by atoms with E-state index in [9.17, 15) is 4.79 Å². The highest BCUT2D eigenvalue weighted by molar-refractivity contribution is 5.79. The maximum Gasteiger partial charge on any atom is 0.314 e. The lowest BCUT2D eigenvalue weighted by molar-refractivity contribution is 0.242. The van der Waals surface area contributed by atoms with Crippen LogP contribution in [0.5, 0.6) is 0 Å². The Morgan fingerprint density at radius 2 is 2.36 bits per heavy atom. The van der Waals surface area contributed by atoms with E-state index in [-0.39, 0.29) is 6.03 Å². The third kappa shape index (κ3) is 1.95. The number of rotatable bonds is 2. The fraction of sp³-hybridized carbons (Fsp3) is 0.250. The van der Waals surface area contributed by atoms with Gasteiger partial charge in [-0.3, -0.25) is 0 Å². The van der Waals surface area contributed by atoms with Crippen molar-refractivity contribution in [2.24, 2.45) is 4.99 Å². The molecule has 0 saturated heterocycles. The highest BCUT2D eigenvalue weighted by atomic mass is 16.2. The Bertz CT molecular complexity index is 747. The Balaban J connectivity index is 1.56. The molecule has 2 amide bonds. The first-order chi connectivity index (χ1) is 10.8. The third-order valence-electron chi connectivity index (χ3n) is 4.20. The maximum absolute atomic E-state index is 11.3. The number of nitrogens with zero attached hydrogens (tertiary/aromatic N) is 2. The molecule has 0 saturated carbocycles. The lowest BCUT2D eigenvalue weighted by atomic mass is 10.0. The van der Waals surface area contributed by atoms with Crippen LogP contribution in [0.15, 0.2) is 40.9 Å². The van der Waals surface area contributed by atoms with E-state index in [1.807, 2.05) is 12.4 Å². The van der Waals surface area contributed by atoms with E-state index >= 15 is 0 Å². The largest absolute Gasteiger partial charge is 0.357 e. The summed E-state index contributed by atoms with van der Waals surface area (Å²) in [4.78, 5) is 17.9. The average Bonchev–Trinajstić information content (AvgIpc) is 3.15. The van der Waals surface area contributed by atoms with Gasteiger partial charge in [0.25, 0.3) is 0 Å². The summed E-state index contributed by atoms with van der Waals surface area (Å²) < 4.78 is 0. The lowest BCUT2D eigenvalue weighted by Gasteiger charge is -2.25. The van der Waals surface area contributed by atoms with Crippen molar-refractivity contribution in [3.05, 3.63) is 52.6 Å². The molecule has 112 valence electrons. The normalized spacial score (nSPS) is 17.5. The minimum absolute atomic E-state index is 0.164. The van der Waals surface area contributed by atoms with E-state index in [4.69, 9.17) is 0 Å². The number of fused-ring (bicyclic) bond motifs is 4. The first kappa shape index (κ1) is 12.9. The molecule has 22 heavy (non-hydrogen) atoms. The highest BCUT2D eigenvalue weighted by Crippen LogP contribution is 2.38. The van der Waals surface area contributed by atoms with Crippen molar-refractivity contribution in [2.75, 3.05) is 13.6 Å². The molecule has 6 heteroatoms. The number of allylic oxidation sites excluding steroid dienone is 1. The fourth-order valence-electron chi connectivity index (χ4n) is 3.11. The van der Waals surface area contributed by atoms with Crippen LogP contribution in [0, 0.1) is 0 Å². The van der Waals surface area contributed by atoms with Gasteiger partial charge in [-0.15, -0.1) is 0 Å². The van der Waals surface area contributed by atoms with Gasteiger partial charge in [-0.1, -0.05) is 18.2 Å². The van der Waals surface area contributed by atoms with E-state index in [0.29, 0.717) is 6.54 Å². The minimum atomic E-state index is -0.164. The molecule has 3 aliphatic rings. The van der Waals surface area contributed by atoms with Gasteiger partial charge in [-0.25, -0.2) is 9.79 Å². The van der Waals surface area contributed by atoms with Gasteiger partial charge in [0.15, 0.2) is 0 Å². The molecule has 0 fully saturated rings. The monoisotopic (exact) mass is 295 g/mol. The van der Waals surface area contributed by atoms with Crippen molar-refractivity contribution in [1.82, 2.24) is 20.9 Å². The number of carbonyl (C=O) groups excluding carboxylic acids is 1. The standard InChI is InChI=1S/C16H17N5O/c1-17-16(22)20-8-10-2-3-12-11(6-10)7-13-15(12)19-9-14-18-4-5-21(13)14/h2-4,6,9,19H,5,7-8H2,1H3,(H2,17,20,22). The molecule has 1 aromatic rings. The van der Waals surface area contributed by atoms with Gasteiger partial charge in [0.05, 0.1) is 12.2 Å². The minimum Gasteiger partial charge on any atom is -0.357 e. The van der Waals surface area contributed by atoms with Gasteiger partial charge in [0, 0.05) is 43.7 Å². The molecular formula is C16H17N5O. The zero-order valence-corrected chi connectivity index (χ0v) is 12.3. The van der Waals surface area contributed by atoms with Crippen LogP contribution < -0.4 is 16.0 Å². The lowest BCUT2D eigenvalue weighted by Crippen LogP contribution is -2.32. The zero-order valence-electron chi connectivity index (χ0n) is 12.3. The number of hydrogen-bond donors (Lipinski definition) is 3. The van der Waals surface area contributed by atoms with Crippen LogP contribution in [0.25, 0.3) is 5.70 Å². The quantitative estimate of drug-likeness (QED) is 0.766. The molecule has 6 nitrogen and oxygen atoms in total. The van der Waals surface area contributed by atoms with Crippen LogP contribution in [0.3, 0.4) is 0 Å². The molecule has 1 aromatic carbocycles. The number of carbonyl (C=O) groups is 1. The Hall–Kier alpha value is -2.76. The number of hydrogen-bond acceptors (Lipinski definition) is 4. The Kier molecular flexibility index (Phi) is 2.89. The Morgan fingerprint density at radius 3 is 3.23 bits per heavy atom. The van der Waals surface area contributed by atoms with Crippen molar-refractivity contribution in [2.45, 2.75) is 13.0 Å². The number of urea groups is 1. The first-order valence-corrected chi connectivity index (χ1v) is 7.34. The molecule has 0 spiro atoms. The van der Waals surface area contributed by atoms with Gasteiger partial charge in [-0.2, -0.15) is 0 Å². The summed E-state index contributed by atoms with van der Waals surface area (Å²) in [6, 6.07) is 6.19. The predicted octanol–water partition coefficient (Wildman–Crippen LogP) is 1.13. The summed E-state index contributed by atoms with van der Waals surface area (Å²) in [5, 5.41) is 8.75. The average molecular weight is 295 g/mol. The van der Waals surface area contributed by atoms with Gasteiger partial charge in [0.2, 0.25) is 0 Å². The molecule has 0 radical (unpaired) electrons. The number of amides is 2. The van der Waals surface area contributed by atoms with Crippen molar-refractivity contribution in [1.29, 1.82) is 0 Å². The van der Waals surface area contributed by atoms with E-state index in [0.717, 1.165) is 24.4 Å². The van der Waals surface area contributed by atoms with Crippen LogP contribution in [0.4, 0.5) is 4.79 Å². The molecular weight excluding hydrogens is 278 g/mol. The van der Waals surface area contributed by atoms with Crippen LogP contribution in [0.1, 0.15) is 16.7 Å². The summed E-state index contributed by atoms with van der Waals surface area (Å²) >= 11 is 0. The van der Waals surface area contributed by atoms with Crippen LogP contribution >= 0.6 is 0 Å². The highest BCUT2D eigenvalue weighted by Gasteiger charge is 2.31. The molecule has 0 aromatic heterocycles. The summed E-state index contributed by atoms with van der Waals surface area (Å²) in [6.45, 7) is 1.37. The number of benzene rings is 1. The molecule has 0 atom stereocenters. The van der Waals surface area contributed by atoms with Crippen molar-refractivity contribution in [3.8, 4) is 0 Å². The summed E-state index contributed by atoms with van der Waals surface area (Å²) in [5.41, 5.74) is 6.08. The second-order valence-corrected chi connectivity index (χ2v) is 5.49. The molecule has 3 N–H and O–H groups in total. The Morgan fingerprint density at radius 1 is 1.45 bits per heavy atom. The SMILES string of the molecule is CNC(=O)NCc1ccc2c(c1)CC1=C2NC=C2N=CCN21. The van der Waals surface area contributed by atoms with Crippen LogP contribution in [0.2, 0.25) is 0 Å². The topological polar surface area (TPSA) is 68.8 Å². The van der Waals surface area contributed by atoms with Gasteiger partial charge in [0.1, 0.15) is 5.82 Å². The second kappa shape index (κ2) is 4.91. The van der Waals surface area contributed by atoms with E-state index in [1.54, 1.807) is 7.05 Å². The second-order valence-electron chi connectivity index (χ2n) is 5.49. The summed E-state index contributed by atoms with van der Waals surface area (Å²) in [7, 11) is 1.62. The molecule has 2 heterocycles. The van der Waals surface area contributed by atoms with E-state index in [2.05, 4.69) is 44.0 Å². The number of nitrogens with one attached hydrogen (secondary N) is 3. The third-order valence-corrected chi connectivity index (χ3v) is 4.20. The molecule has 0 unspecified atom stereocenters. The van der Waals surface area contributed by atoms with Crippen LogP contribution in [-0.2, 0) is 13.0 Å².